The number of hydrogen-bond acceptors (Lipinski definition) is 3. The van der Waals surface area contributed by atoms with E-state index in [0.717, 1.165) is 27.7 Å². The summed E-state index contributed by atoms with van der Waals surface area (Å²) in [5.41, 5.74) is 6.35. The van der Waals surface area contributed by atoms with Crippen LogP contribution in [-0.2, 0) is 0 Å². The number of benzene rings is 2. The molecule has 2 aromatic carbocycles. The highest BCUT2D eigenvalue weighted by Crippen LogP contribution is 2.29. The first-order valence-corrected chi connectivity index (χ1v) is 9.29. The van der Waals surface area contributed by atoms with Crippen molar-refractivity contribution >= 4 is 16.9 Å². The highest BCUT2D eigenvalue weighted by molar-refractivity contribution is 6.00. The minimum Gasteiger partial charge on any atom is -0.451 e. The first-order valence-electron chi connectivity index (χ1n) is 9.29. The van der Waals surface area contributed by atoms with Crippen LogP contribution in [0.2, 0.25) is 0 Å². The molecular formula is C23H28N2O2. The van der Waals surface area contributed by atoms with E-state index in [1.54, 1.807) is 0 Å². The summed E-state index contributed by atoms with van der Waals surface area (Å²) in [5.74, 6) is 0.236. The number of nitrogens with one attached hydrogen (secondary N) is 1. The van der Waals surface area contributed by atoms with Crippen LogP contribution in [0.15, 0.2) is 40.8 Å². The summed E-state index contributed by atoms with van der Waals surface area (Å²) < 4.78 is 5.91. The molecule has 0 fully saturated rings. The molecule has 0 aliphatic heterocycles. The van der Waals surface area contributed by atoms with E-state index in [9.17, 15) is 4.79 Å². The lowest BCUT2D eigenvalue weighted by Crippen LogP contribution is -2.34. The Morgan fingerprint density at radius 1 is 1.04 bits per heavy atom. The highest BCUT2D eigenvalue weighted by Gasteiger charge is 2.21. The predicted octanol–water partition coefficient (Wildman–Crippen LogP) is 4.70. The molecule has 0 unspecified atom stereocenters. The Kier molecular flexibility index (Phi) is 5.38. The highest BCUT2D eigenvalue weighted by atomic mass is 16.3. The Balaban J connectivity index is 1.82. The van der Waals surface area contributed by atoms with Crippen molar-refractivity contribution in [3.8, 4) is 0 Å². The molecule has 3 aromatic rings. The zero-order valence-corrected chi connectivity index (χ0v) is 17.0. The average Bonchev–Trinajstić information content (AvgIpc) is 2.93. The molecule has 27 heavy (non-hydrogen) atoms. The van der Waals surface area contributed by atoms with Crippen molar-refractivity contribution < 1.29 is 9.21 Å². The molecular weight excluding hydrogens is 336 g/mol. The fraction of sp³-hybridized carbons (Fsp3) is 0.348. The van der Waals surface area contributed by atoms with Crippen molar-refractivity contribution in [2.75, 3.05) is 20.6 Å². The summed E-state index contributed by atoms with van der Waals surface area (Å²) in [4.78, 5) is 14.9. The number of likely N-dealkylation sites (N-methyl/N-ethyl adjacent to an activating group) is 1. The van der Waals surface area contributed by atoms with Crippen LogP contribution >= 0.6 is 0 Å². The van der Waals surface area contributed by atoms with E-state index in [0.29, 0.717) is 12.3 Å². The molecule has 1 N–H and O–H groups in total. The molecule has 0 aliphatic rings. The molecule has 1 aromatic heterocycles. The van der Waals surface area contributed by atoms with E-state index in [1.807, 2.05) is 34.0 Å². The lowest BCUT2D eigenvalue weighted by Gasteiger charge is -2.25. The molecule has 0 aliphatic carbocycles. The molecule has 1 amide bonds. The number of hydrogen-bond donors (Lipinski definition) is 1. The van der Waals surface area contributed by atoms with E-state index in [-0.39, 0.29) is 11.9 Å². The summed E-state index contributed by atoms with van der Waals surface area (Å²) >= 11 is 0. The number of aryl methyl sites for hydroxylation is 4. The van der Waals surface area contributed by atoms with E-state index in [1.165, 1.54) is 11.1 Å². The van der Waals surface area contributed by atoms with Crippen LogP contribution in [0.5, 0.6) is 0 Å². The van der Waals surface area contributed by atoms with Gasteiger partial charge in [0.05, 0.1) is 6.04 Å². The van der Waals surface area contributed by atoms with E-state index < -0.39 is 0 Å². The van der Waals surface area contributed by atoms with Gasteiger partial charge >= 0.3 is 0 Å². The van der Waals surface area contributed by atoms with E-state index >= 15 is 0 Å². The molecule has 3 rings (SSSR count). The molecule has 4 heteroatoms. The Bertz CT molecular complexity index is 968. The van der Waals surface area contributed by atoms with Crippen LogP contribution in [0.3, 0.4) is 0 Å². The van der Waals surface area contributed by atoms with Gasteiger partial charge in [0.1, 0.15) is 5.58 Å². The third kappa shape index (κ3) is 3.91. The van der Waals surface area contributed by atoms with Gasteiger partial charge in [-0.15, -0.1) is 0 Å². The SMILES string of the molecule is Cc1ccc([C@H](CNC(=O)c2oc3cc(C)cc(C)c3c2C)N(C)C)cc1. The standard InChI is InChI=1S/C23H28N2O2/c1-14-7-9-18(10-8-14)19(25(5)6)13-24-23(26)22-17(4)21-16(3)11-15(2)12-20(21)27-22/h7-12,19H,13H2,1-6H3,(H,24,26)/t19-/m0/s1. The maximum absolute atomic E-state index is 12.8. The Morgan fingerprint density at radius 3 is 2.33 bits per heavy atom. The van der Waals surface area contributed by atoms with E-state index in [4.69, 9.17) is 4.42 Å². The van der Waals surface area contributed by atoms with Gasteiger partial charge in [-0.1, -0.05) is 35.9 Å². The number of rotatable bonds is 5. The molecule has 0 spiro atoms. The Morgan fingerprint density at radius 2 is 1.70 bits per heavy atom. The van der Waals surface area contributed by atoms with Crippen molar-refractivity contribution in [1.82, 2.24) is 10.2 Å². The molecule has 1 heterocycles. The third-order valence-electron chi connectivity index (χ3n) is 5.12. The Hall–Kier alpha value is -2.59. The minimum absolute atomic E-state index is 0.100. The molecule has 0 saturated heterocycles. The van der Waals surface area contributed by atoms with Crippen LogP contribution in [-0.4, -0.2) is 31.4 Å². The van der Waals surface area contributed by atoms with Gasteiger partial charge in [0.15, 0.2) is 5.76 Å². The van der Waals surface area contributed by atoms with Gasteiger partial charge in [-0.3, -0.25) is 4.79 Å². The fourth-order valence-corrected chi connectivity index (χ4v) is 3.66. The second-order valence-electron chi connectivity index (χ2n) is 7.61. The monoisotopic (exact) mass is 364 g/mol. The molecule has 142 valence electrons. The smallest absolute Gasteiger partial charge is 0.287 e. The Labute approximate surface area is 161 Å². The number of carbonyl (C=O) groups excluding carboxylic acids is 1. The largest absolute Gasteiger partial charge is 0.451 e. The number of nitrogens with zero attached hydrogens (tertiary/aromatic N) is 1. The van der Waals surface area contributed by atoms with Gasteiger partial charge in [-0.05, 0) is 64.5 Å². The second-order valence-corrected chi connectivity index (χ2v) is 7.61. The van der Waals surface area contributed by atoms with Crippen LogP contribution in [0.4, 0.5) is 0 Å². The zero-order valence-electron chi connectivity index (χ0n) is 17.0. The molecule has 4 nitrogen and oxygen atoms in total. The van der Waals surface area contributed by atoms with Gasteiger partial charge in [0.2, 0.25) is 0 Å². The number of fused-ring (bicyclic) bond motifs is 1. The van der Waals surface area contributed by atoms with Gasteiger partial charge < -0.3 is 14.6 Å². The lowest BCUT2D eigenvalue weighted by atomic mass is 10.0. The van der Waals surface area contributed by atoms with Crippen molar-refractivity contribution in [1.29, 1.82) is 0 Å². The molecule has 0 bridgehead atoms. The quantitative estimate of drug-likeness (QED) is 0.714. The molecule has 1 atom stereocenters. The van der Waals surface area contributed by atoms with Crippen LogP contribution < -0.4 is 5.32 Å². The average molecular weight is 364 g/mol. The maximum Gasteiger partial charge on any atom is 0.287 e. The summed E-state index contributed by atoms with van der Waals surface area (Å²) in [6, 6.07) is 12.6. The third-order valence-corrected chi connectivity index (χ3v) is 5.12. The van der Waals surface area contributed by atoms with E-state index in [2.05, 4.69) is 54.4 Å². The minimum atomic E-state index is -0.167. The molecule has 0 radical (unpaired) electrons. The van der Waals surface area contributed by atoms with Crippen LogP contribution in [0.25, 0.3) is 11.0 Å². The first kappa shape index (κ1) is 19.2. The number of carbonyl (C=O) groups is 1. The van der Waals surface area contributed by atoms with Crippen LogP contribution in [0.1, 0.15) is 44.4 Å². The zero-order chi connectivity index (χ0) is 19.7. The maximum atomic E-state index is 12.8. The van der Waals surface area contributed by atoms with Gasteiger partial charge in [0, 0.05) is 17.5 Å². The number of furan rings is 1. The first-order chi connectivity index (χ1) is 12.8. The fourth-order valence-electron chi connectivity index (χ4n) is 3.66. The topological polar surface area (TPSA) is 45.5 Å². The molecule has 0 saturated carbocycles. The van der Waals surface area contributed by atoms with Gasteiger partial charge in [0.25, 0.3) is 5.91 Å². The summed E-state index contributed by atoms with van der Waals surface area (Å²) in [7, 11) is 4.05. The predicted molar refractivity (Wildman–Crippen MR) is 110 cm³/mol. The normalized spacial score (nSPS) is 12.6. The summed E-state index contributed by atoms with van der Waals surface area (Å²) in [6.45, 7) is 8.63. The number of amides is 1. The lowest BCUT2D eigenvalue weighted by molar-refractivity contribution is 0.0915. The van der Waals surface area contributed by atoms with Crippen molar-refractivity contribution in [3.05, 3.63) is 70.0 Å². The van der Waals surface area contributed by atoms with Crippen molar-refractivity contribution in [2.45, 2.75) is 33.7 Å². The van der Waals surface area contributed by atoms with Crippen molar-refractivity contribution in [2.24, 2.45) is 0 Å². The summed E-state index contributed by atoms with van der Waals surface area (Å²) in [6.07, 6.45) is 0. The van der Waals surface area contributed by atoms with Gasteiger partial charge in [-0.25, -0.2) is 0 Å². The second kappa shape index (κ2) is 7.57. The van der Waals surface area contributed by atoms with Gasteiger partial charge in [-0.2, -0.15) is 0 Å². The van der Waals surface area contributed by atoms with Crippen LogP contribution in [0, 0.1) is 27.7 Å². The summed E-state index contributed by atoms with van der Waals surface area (Å²) in [5, 5.41) is 4.09. The van der Waals surface area contributed by atoms with Crippen molar-refractivity contribution in [3.63, 3.8) is 0 Å².